The lowest BCUT2D eigenvalue weighted by Crippen LogP contribution is -2.49. The molecule has 3 aromatic carbocycles. The molecular weight excluding hydrogens is 431 g/mol. The van der Waals surface area contributed by atoms with Crippen LogP contribution in [0.2, 0.25) is 0 Å². The van der Waals surface area contributed by atoms with Gasteiger partial charge in [-0.2, -0.15) is 0 Å². The SMILES string of the molecule is CCN(Cc1ccccc1)C(=O)CN1C(=O)[C@@]2(COc3ccc(F)cc3)C[C@H]2c2ccccc21. The molecule has 1 aliphatic carbocycles. The summed E-state index contributed by atoms with van der Waals surface area (Å²) in [6, 6.07) is 23.5. The van der Waals surface area contributed by atoms with Gasteiger partial charge in [0.05, 0.1) is 5.41 Å². The van der Waals surface area contributed by atoms with Crippen molar-refractivity contribution < 1.29 is 18.7 Å². The lowest BCUT2D eigenvalue weighted by atomic mass is 9.92. The molecule has 2 amide bonds. The first-order valence-electron chi connectivity index (χ1n) is 11.6. The Morgan fingerprint density at radius 3 is 2.50 bits per heavy atom. The number of halogens is 1. The number of carbonyl (C=O) groups excluding carboxylic acids is 2. The largest absolute Gasteiger partial charge is 0.492 e. The quantitative estimate of drug-likeness (QED) is 0.489. The van der Waals surface area contributed by atoms with Crippen LogP contribution in [-0.4, -0.2) is 36.4 Å². The molecule has 34 heavy (non-hydrogen) atoms. The van der Waals surface area contributed by atoms with Gasteiger partial charge in [-0.25, -0.2) is 4.39 Å². The summed E-state index contributed by atoms with van der Waals surface area (Å²) in [5.74, 6) is 0.0779. The molecule has 2 aliphatic rings. The van der Waals surface area contributed by atoms with Crippen LogP contribution >= 0.6 is 0 Å². The molecule has 5 nitrogen and oxygen atoms in total. The standard InChI is InChI=1S/C28H27FN2O3/c1-2-30(17-20-8-4-3-5-9-20)26(32)18-31-25-11-7-6-10-23(25)24-16-28(24,27(31)33)19-34-22-14-12-21(29)13-15-22/h3-15,24H,2,16-19H2,1H3/t24-,28+/m0/s1. The number of hydrogen-bond donors (Lipinski definition) is 0. The first kappa shape index (κ1) is 22.1. The second kappa shape index (κ2) is 8.93. The van der Waals surface area contributed by atoms with Crippen molar-refractivity contribution in [3.63, 3.8) is 0 Å². The van der Waals surface area contributed by atoms with Gasteiger partial charge >= 0.3 is 0 Å². The van der Waals surface area contributed by atoms with Crippen molar-refractivity contribution in [2.75, 3.05) is 24.6 Å². The summed E-state index contributed by atoms with van der Waals surface area (Å²) >= 11 is 0. The topological polar surface area (TPSA) is 49.9 Å². The van der Waals surface area contributed by atoms with Gasteiger partial charge < -0.3 is 14.5 Å². The highest BCUT2D eigenvalue weighted by Gasteiger charge is 2.66. The molecule has 0 unspecified atom stereocenters. The number of fused-ring (bicyclic) bond motifs is 3. The van der Waals surface area contributed by atoms with Crippen LogP contribution in [0.15, 0.2) is 78.9 Å². The molecule has 2 atom stereocenters. The van der Waals surface area contributed by atoms with Crippen LogP contribution in [0.3, 0.4) is 0 Å². The van der Waals surface area contributed by atoms with E-state index in [0.29, 0.717) is 25.3 Å². The number of para-hydroxylation sites is 1. The van der Waals surface area contributed by atoms with Crippen molar-refractivity contribution in [3.8, 4) is 5.75 Å². The van der Waals surface area contributed by atoms with Crippen LogP contribution in [0.5, 0.6) is 5.75 Å². The number of carbonyl (C=O) groups is 2. The van der Waals surface area contributed by atoms with E-state index in [1.807, 2.05) is 61.5 Å². The normalized spacial score (nSPS) is 20.4. The molecule has 0 bridgehead atoms. The number of likely N-dealkylation sites (N-methyl/N-ethyl adjacent to an activating group) is 1. The molecule has 0 N–H and O–H groups in total. The Labute approximate surface area is 198 Å². The van der Waals surface area contributed by atoms with Gasteiger partial charge in [0.25, 0.3) is 0 Å². The summed E-state index contributed by atoms with van der Waals surface area (Å²) in [7, 11) is 0. The van der Waals surface area contributed by atoms with E-state index in [1.54, 1.807) is 21.9 Å². The molecule has 6 heteroatoms. The van der Waals surface area contributed by atoms with Gasteiger partial charge in [0.2, 0.25) is 11.8 Å². The number of rotatable bonds is 8. The van der Waals surface area contributed by atoms with E-state index in [2.05, 4.69) is 0 Å². The van der Waals surface area contributed by atoms with Gasteiger partial charge in [-0.15, -0.1) is 0 Å². The summed E-state index contributed by atoms with van der Waals surface area (Å²) in [4.78, 5) is 30.4. The van der Waals surface area contributed by atoms with Crippen molar-refractivity contribution in [2.24, 2.45) is 5.41 Å². The van der Waals surface area contributed by atoms with Gasteiger partial charge in [-0.3, -0.25) is 9.59 Å². The highest BCUT2D eigenvalue weighted by molar-refractivity contribution is 6.07. The van der Waals surface area contributed by atoms with Crippen molar-refractivity contribution in [1.82, 2.24) is 4.90 Å². The molecule has 174 valence electrons. The number of ether oxygens (including phenoxy) is 1. The summed E-state index contributed by atoms with van der Waals surface area (Å²) in [6.07, 6.45) is 0.677. The van der Waals surface area contributed by atoms with Gasteiger partial charge in [-0.1, -0.05) is 48.5 Å². The average Bonchev–Trinajstić information content (AvgIpc) is 3.62. The Morgan fingerprint density at radius 2 is 1.76 bits per heavy atom. The van der Waals surface area contributed by atoms with E-state index in [9.17, 15) is 14.0 Å². The van der Waals surface area contributed by atoms with E-state index >= 15 is 0 Å². The maximum Gasteiger partial charge on any atom is 0.242 e. The summed E-state index contributed by atoms with van der Waals surface area (Å²) in [5.41, 5.74) is 2.23. The van der Waals surface area contributed by atoms with E-state index in [-0.39, 0.29) is 36.7 Å². The third-order valence-corrected chi connectivity index (χ3v) is 6.90. The van der Waals surface area contributed by atoms with Gasteiger partial charge in [0.1, 0.15) is 24.7 Å². The maximum atomic E-state index is 13.7. The first-order chi connectivity index (χ1) is 16.5. The van der Waals surface area contributed by atoms with E-state index in [4.69, 9.17) is 4.74 Å². The van der Waals surface area contributed by atoms with Crippen molar-refractivity contribution >= 4 is 17.5 Å². The molecular formula is C28H27FN2O3. The van der Waals surface area contributed by atoms with Crippen LogP contribution in [-0.2, 0) is 16.1 Å². The number of benzene rings is 3. The van der Waals surface area contributed by atoms with Crippen molar-refractivity contribution in [2.45, 2.75) is 25.8 Å². The minimum Gasteiger partial charge on any atom is -0.492 e. The summed E-state index contributed by atoms with van der Waals surface area (Å²) in [6.45, 7) is 3.19. The fraction of sp³-hybridized carbons (Fsp3) is 0.286. The minimum absolute atomic E-state index is 0.0124. The van der Waals surface area contributed by atoms with E-state index in [0.717, 1.165) is 16.8 Å². The third-order valence-electron chi connectivity index (χ3n) is 6.90. The smallest absolute Gasteiger partial charge is 0.242 e. The minimum atomic E-state index is -0.695. The Morgan fingerprint density at radius 1 is 1.06 bits per heavy atom. The molecule has 5 rings (SSSR count). The third kappa shape index (κ3) is 4.04. The Kier molecular flexibility index (Phi) is 5.82. The Bertz CT molecular complexity index is 1200. The van der Waals surface area contributed by atoms with Crippen LogP contribution in [0.1, 0.15) is 30.4 Å². The Balaban J connectivity index is 1.36. The first-order valence-corrected chi connectivity index (χ1v) is 11.6. The second-order valence-corrected chi connectivity index (χ2v) is 9.00. The fourth-order valence-electron chi connectivity index (χ4n) is 4.89. The van der Waals surface area contributed by atoms with Crippen LogP contribution in [0.4, 0.5) is 10.1 Å². The zero-order chi connectivity index (χ0) is 23.7. The summed E-state index contributed by atoms with van der Waals surface area (Å²) in [5, 5.41) is 0. The second-order valence-electron chi connectivity index (χ2n) is 9.00. The number of anilines is 1. The maximum absolute atomic E-state index is 13.7. The molecule has 1 heterocycles. The van der Waals surface area contributed by atoms with E-state index in [1.165, 1.54) is 12.1 Å². The monoisotopic (exact) mass is 458 g/mol. The molecule has 1 aliphatic heterocycles. The van der Waals surface area contributed by atoms with Crippen molar-refractivity contribution in [1.29, 1.82) is 0 Å². The predicted octanol–water partition coefficient (Wildman–Crippen LogP) is 4.77. The average molecular weight is 459 g/mol. The molecule has 0 radical (unpaired) electrons. The molecule has 0 aromatic heterocycles. The van der Waals surface area contributed by atoms with Gasteiger partial charge in [0, 0.05) is 24.7 Å². The van der Waals surface area contributed by atoms with Gasteiger partial charge in [0.15, 0.2) is 0 Å². The molecule has 0 spiro atoms. The highest BCUT2D eigenvalue weighted by atomic mass is 19.1. The zero-order valence-corrected chi connectivity index (χ0v) is 19.1. The molecule has 1 saturated carbocycles. The highest BCUT2D eigenvalue weighted by Crippen LogP contribution is 2.65. The number of amides is 2. The van der Waals surface area contributed by atoms with E-state index < -0.39 is 5.41 Å². The van der Waals surface area contributed by atoms with Crippen LogP contribution in [0.25, 0.3) is 0 Å². The van der Waals surface area contributed by atoms with Crippen LogP contribution in [0, 0.1) is 11.2 Å². The predicted molar refractivity (Wildman–Crippen MR) is 128 cm³/mol. The number of hydrogen-bond acceptors (Lipinski definition) is 3. The van der Waals surface area contributed by atoms with Crippen molar-refractivity contribution in [3.05, 3.63) is 95.8 Å². The lowest BCUT2D eigenvalue weighted by Gasteiger charge is -2.35. The van der Waals surface area contributed by atoms with Gasteiger partial charge in [-0.05, 0) is 54.8 Å². The Hall–Kier alpha value is -3.67. The molecule has 3 aromatic rings. The molecule has 0 saturated heterocycles. The fourth-order valence-corrected chi connectivity index (χ4v) is 4.89. The summed E-state index contributed by atoms with van der Waals surface area (Å²) < 4.78 is 19.2. The zero-order valence-electron chi connectivity index (χ0n) is 19.1. The number of nitrogens with zero attached hydrogens (tertiary/aromatic N) is 2. The lowest BCUT2D eigenvalue weighted by molar-refractivity contribution is -0.133. The van der Waals surface area contributed by atoms with Crippen LogP contribution < -0.4 is 9.64 Å². The molecule has 1 fully saturated rings.